The Balaban J connectivity index is 1.80. The standard InChI is InChI=1S/C16H20N2O3/c1-20-14-5-7-17-13(16(14)21-2)10-18-8-6-12(9-18)15(19)11-3-4-11/h5-9,11,15,19H,3-4,10H2,1-2H3. The van der Waals surface area contributed by atoms with Crippen molar-refractivity contribution < 1.29 is 14.6 Å². The molecule has 1 saturated carbocycles. The molecule has 112 valence electrons. The maximum atomic E-state index is 10.1. The first kappa shape index (κ1) is 13.9. The molecule has 1 unspecified atom stereocenters. The first-order chi connectivity index (χ1) is 10.2. The summed E-state index contributed by atoms with van der Waals surface area (Å²) < 4.78 is 12.7. The van der Waals surface area contributed by atoms with Gasteiger partial charge in [-0.3, -0.25) is 4.98 Å². The van der Waals surface area contributed by atoms with Gasteiger partial charge in [0.25, 0.3) is 0 Å². The fraction of sp³-hybridized carbons (Fsp3) is 0.438. The molecular formula is C16H20N2O3. The smallest absolute Gasteiger partial charge is 0.184 e. The summed E-state index contributed by atoms with van der Waals surface area (Å²) in [5, 5.41) is 10.1. The Kier molecular flexibility index (Phi) is 3.84. The van der Waals surface area contributed by atoms with Gasteiger partial charge >= 0.3 is 0 Å². The molecule has 5 nitrogen and oxygen atoms in total. The van der Waals surface area contributed by atoms with Crippen LogP contribution in [-0.4, -0.2) is 28.9 Å². The zero-order valence-electron chi connectivity index (χ0n) is 12.3. The minimum atomic E-state index is -0.341. The predicted molar refractivity (Wildman–Crippen MR) is 78.6 cm³/mol. The van der Waals surface area contributed by atoms with Gasteiger partial charge in [0, 0.05) is 24.7 Å². The third kappa shape index (κ3) is 2.88. The fourth-order valence-electron chi connectivity index (χ4n) is 2.55. The number of hydrogen-bond donors (Lipinski definition) is 1. The molecule has 21 heavy (non-hydrogen) atoms. The normalized spacial score (nSPS) is 15.8. The summed E-state index contributed by atoms with van der Waals surface area (Å²) in [4.78, 5) is 4.37. The maximum Gasteiger partial charge on any atom is 0.184 e. The van der Waals surface area contributed by atoms with Crippen LogP contribution in [0.1, 0.15) is 30.2 Å². The van der Waals surface area contributed by atoms with Crippen molar-refractivity contribution in [3.8, 4) is 11.5 Å². The van der Waals surface area contributed by atoms with Crippen LogP contribution in [0.4, 0.5) is 0 Å². The first-order valence-electron chi connectivity index (χ1n) is 7.12. The average Bonchev–Trinajstić information content (AvgIpc) is 3.26. The third-order valence-corrected chi connectivity index (χ3v) is 3.88. The van der Waals surface area contributed by atoms with Crippen LogP contribution in [0.3, 0.4) is 0 Å². The minimum absolute atomic E-state index is 0.341. The van der Waals surface area contributed by atoms with E-state index in [1.807, 2.05) is 23.0 Å². The number of rotatable bonds is 6. The Morgan fingerprint density at radius 2 is 2.14 bits per heavy atom. The van der Waals surface area contributed by atoms with E-state index in [1.165, 1.54) is 0 Å². The summed E-state index contributed by atoms with van der Waals surface area (Å²) >= 11 is 0. The largest absolute Gasteiger partial charge is 0.493 e. The van der Waals surface area contributed by atoms with Gasteiger partial charge in [0.15, 0.2) is 11.5 Å². The van der Waals surface area contributed by atoms with Crippen LogP contribution in [-0.2, 0) is 6.54 Å². The summed E-state index contributed by atoms with van der Waals surface area (Å²) in [5.41, 5.74) is 1.78. The Morgan fingerprint density at radius 3 is 2.81 bits per heavy atom. The lowest BCUT2D eigenvalue weighted by Crippen LogP contribution is -2.04. The van der Waals surface area contributed by atoms with Gasteiger partial charge < -0.3 is 19.1 Å². The summed E-state index contributed by atoms with van der Waals surface area (Å²) in [6.45, 7) is 0.581. The highest BCUT2D eigenvalue weighted by molar-refractivity contribution is 5.42. The molecule has 1 fully saturated rings. The van der Waals surface area contributed by atoms with Gasteiger partial charge in [0.05, 0.1) is 26.9 Å². The topological polar surface area (TPSA) is 56.5 Å². The zero-order valence-corrected chi connectivity index (χ0v) is 12.3. The molecule has 2 aromatic heterocycles. The van der Waals surface area contributed by atoms with Crippen molar-refractivity contribution in [3.63, 3.8) is 0 Å². The monoisotopic (exact) mass is 288 g/mol. The molecular weight excluding hydrogens is 268 g/mol. The molecule has 1 N–H and O–H groups in total. The van der Waals surface area contributed by atoms with E-state index in [1.54, 1.807) is 26.5 Å². The van der Waals surface area contributed by atoms with Crippen molar-refractivity contribution in [3.05, 3.63) is 42.0 Å². The molecule has 5 heteroatoms. The molecule has 0 amide bonds. The lowest BCUT2D eigenvalue weighted by Gasteiger charge is -2.12. The highest BCUT2D eigenvalue weighted by Gasteiger charge is 2.31. The second-order valence-corrected chi connectivity index (χ2v) is 5.39. The van der Waals surface area contributed by atoms with Crippen LogP contribution in [0.25, 0.3) is 0 Å². The van der Waals surface area contributed by atoms with E-state index in [-0.39, 0.29) is 6.10 Å². The van der Waals surface area contributed by atoms with Gasteiger partial charge in [-0.1, -0.05) is 0 Å². The quantitative estimate of drug-likeness (QED) is 0.886. The second kappa shape index (κ2) is 5.77. The van der Waals surface area contributed by atoms with E-state index in [0.29, 0.717) is 24.0 Å². The number of hydrogen-bond acceptors (Lipinski definition) is 4. The Bertz CT molecular complexity index is 620. The van der Waals surface area contributed by atoms with E-state index >= 15 is 0 Å². The lowest BCUT2D eigenvalue weighted by molar-refractivity contribution is 0.154. The van der Waals surface area contributed by atoms with Crippen LogP contribution in [0.5, 0.6) is 11.5 Å². The molecule has 1 aliphatic rings. The molecule has 1 aliphatic carbocycles. The van der Waals surface area contributed by atoms with Crippen molar-refractivity contribution >= 4 is 0 Å². The molecule has 0 aromatic carbocycles. The van der Waals surface area contributed by atoms with E-state index in [2.05, 4.69) is 4.98 Å². The van der Waals surface area contributed by atoms with Crippen LogP contribution in [0.2, 0.25) is 0 Å². The molecule has 1 atom stereocenters. The SMILES string of the molecule is COc1ccnc(Cn2ccc(C(O)C3CC3)c2)c1OC. The number of pyridine rings is 1. The first-order valence-corrected chi connectivity index (χ1v) is 7.12. The highest BCUT2D eigenvalue weighted by atomic mass is 16.5. The van der Waals surface area contributed by atoms with Crippen molar-refractivity contribution in [1.82, 2.24) is 9.55 Å². The summed E-state index contributed by atoms with van der Waals surface area (Å²) in [6, 6.07) is 3.75. The molecule has 2 aromatic rings. The van der Waals surface area contributed by atoms with E-state index in [9.17, 15) is 5.11 Å². The summed E-state index contributed by atoms with van der Waals surface area (Å²) in [5.74, 6) is 1.76. The molecule has 0 radical (unpaired) electrons. The maximum absolute atomic E-state index is 10.1. The number of aliphatic hydroxyl groups is 1. The van der Waals surface area contributed by atoms with Gasteiger partial charge in [-0.15, -0.1) is 0 Å². The van der Waals surface area contributed by atoms with Crippen molar-refractivity contribution in [2.75, 3.05) is 14.2 Å². The van der Waals surface area contributed by atoms with Gasteiger partial charge in [-0.25, -0.2) is 0 Å². The van der Waals surface area contributed by atoms with Gasteiger partial charge in [-0.05, 0) is 30.4 Å². The van der Waals surface area contributed by atoms with Gasteiger partial charge in [0.1, 0.15) is 5.69 Å². The predicted octanol–water partition coefficient (Wildman–Crippen LogP) is 2.39. The number of aliphatic hydroxyl groups excluding tert-OH is 1. The van der Waals surface area contributed by atoms with Crippen LogP contribution in [0, 0.1) is 5.92 Å². The Hall–Kier alpha value is -2.01. The highest BCUT2D eigenvalue weighted by Crippen LogP contribution is 2.41. The molecule has 0 bridgehead atoms. The van der Waals surface area contributed by atoms with Crippen molar-refractivity contribution in [2.24, 2.45) is 5.92 Å². The van der Waals surface area contributed by atoms with Crippen LogP contribution in [0.15, 0.2) is 30.7 Å². The molecule has 3 rings (SSSR count). The Morgan fingerprint density at radius 1 is 1.33 bits per heavy atom. The zero-order chi connectivity index (χ0) is 14.8. The van der Waals surface area contributed by atoms with Crippen molar-refractivity contribution in [1.29, 1.82) is 0 Å². The fourth-order valence-corrected chi connectivity index (χ4v) is 2.55. The van der Waals surface area contributed by atoms with Gasteiger partial charge in [-0.2, -0.15) is 0 Å². The van der Waals surface area contributed by atoms with Gasteiger partial charge in [0.2, 0.25) is 0 Å². The van der Waals surface area contributed by atoms with E-state index in [4.69, 9.17) is 9.47 Å². The van der Waals surface area contributed by atoms with Crippen LogP contribution < -0.4 is 9.47 Å². The molecule has 0 spiro atoms. The molecule has 2 heterocycles. The number of aromatic nitrogens is 2. The number of ether oxygens (including phenoxy) is 2. The summed E-state index contributed by atoms with van der Waals surface area (Å²) in [6.07, 6.45) is 7.55. The summed E-state index contributed by atoms with van der Waals surface area (Å²) in [7, 11) is 3.22. The van der Waals surface area contributed by atoms with E-state index < -0.39 is 0 Å². The lowest BCUT2D eigenvalue weighted by atomic mass is 10.1. The third-order valence-electron chi connectivity index (χ3n) is 3.88. The molecule has 0 aliphatic heterocycles. The average molecular weight is 288 g/mol. The Labute approximate surface area is 124 Å². The van der Waals surface area contributed by atoms with E-state index in [0.717, 1.165) is 24.1 Å². The number of methoxy groups -OCH3 is 2. The number of nitrogens with zero attached hydrogens (tertiary/aromatic N) is 2. The van der Waals surface area contributed by atoms with Crippen molar-refractivity contribution in [2.45, 2.75) is 25.5 Å². The molecule has 0 saturated heterocycles. The second-order valence-electron chi connectivity index (χ2n) is 5.39. The van der Waals surface area contributed by atoms with Crippen LogP contribution >= 0.6 is 0 Å². The minimum Gasteiger partial charge on any atom is -0.493 e.